The zero-order valence-corrected chi connectivity index (χ0v) is 9.35. The second-order valence-electron chi connectivity index (χ2n) is 4.74. The summed E-state index contributed by atoms with van der Waals surface area (Å²) in [5.74, 6) is 0.372. The summed E-state index contributed by atoms with van der Waals surface area (Å²) in [6.07, 6.45) is 9.27. The van der Waals surface area contributed by atoms with Gasteiger partial charge in [0.2, 0.25) is 0 Å². The molecule has 0 bridgehead atoms. The lowest BCUT2D eigenvalue weighted by molar-refractivity contribution is -0.120. The van der Waals surface area contributed by atoms with Gasteiger partial charge in [0.25, 0.3) is 0 Å². The molecule has 0 heterocycles. The van der Waals surface area contributed by atoms with E-state index in [1.807, 2.05) is 0 Å². The first-order chi connectivity index (χ1) is 6.66. The molecule has 1 fully saturated rings. The molecule has 2 nitrogen and oxygen atoms in total. The first kappa shape index (κ1) is 11.7. The molecule has 1 aliphatic carbocycles. The van der Waals surface area contributed by atoms with Gasteiger partial charge in [0.05, 0.1) is 0 Å². The molecule has 0 aromatic rings. The number of rotatable bonds is 5. The predicted molar refractivity (Wildman–Crippen MR) is 59.2 cm³/mol. The number of carbonyl (C=O) groups is 1. The van der Waals surface area contributed by atoms with Gasteiger partial charge in [-0.15, -0.1) is 0 Å². The zero-order valence-electron chi connectivity index (χ0n) is 9.35. The van der Waals surface area contributed by atoms with Crippen LogP contribution in [-0.2, 0) is 4.79 Å². The van der Waals surface area contributed by atoms with Crippen LogP contribution in [0.3, 0.4) is 0 Å². The third kappa shape index (κ3) is 3.79. The number of Topliss-reactive ketones (excluding diaryl/α,β-unsaturated/α-hetero) is 1. The van der Waals surface area contributed by atoms with Crippen LogP contribution in [0, 0.1) is 0 Å². The van der Waals surface area contributed by atoms with Gasteiger partial charge in [-0.3, -0.25) is 4.79 Å². The Morgan fingerprint density at radius 1 is 1.29 bits per heavy atom. The summed E-state index contributed by atoms with van der Waals surface area (Å²) >= 11 is 0. The van der Waals surface area contributed by atoms with Crippen LogP contribution in [-0.4, -0.2) is 11.3 Å². The van der Waals surface area contributed by atoms with E-state index in [2.05, 4.69) is 6.92 Å². The van der Waals surface area contributed by atoms with Gasteiger partial charge in [-0.1, -0.05) is 32.6 Å². The normalized spacial score (nSPS) is 20.7. The maximum absolute atomic E-state index is 11.6. The molecular weight excluding hydrogens is 174 g/mol. The molecule has 0 aromatic carbocycles. The highest BCUT2D eigenvalue weighted by Crippen LogP contribution is 2.29. The number of unbranched alkanes of at least 4 members (excludes halogenated alkanes) is 1. The molecule has 1 rings (SSSR count). The maximum atomic E-state index is 11.6. The van der Waals surface area contributed by atoms with Crippen molar-refractivity contribution in [1.82, 2.24) is 0 Å². The van der Waals surface area contributed by atoms with Crippen LogP contribution in [0.4, 0.5) is 0 Å². The van der Waals surface area contributed by atoms with Crippen molar-refractivity contribution in [3.05, 3.63) is 0 Å². The molecular formula is C12H23NO. The third-order valence-electron chi connectivity index (χ3n) is 3.21. The first-order valence-corrected chi connectivity index (χ1v) is 5.97. The molecule has 0 spiro atoms. The second kappa shape index (κ2) is 5.50. The molecule has 0 aliphatic heterocycles. The number of hydrogen-bond donors (Lipinski definition) is 1. The molecule has 14 heavy (non-hydrogen) atoms. The Morgan fingerprint density at radius 2 is 1.93 bits per heavy atom. The minimum Gasteiger partial charge on any atom is -0.325 e. The lowest BCUT2D eigenvalue weighted by Gasteiger charge is -2.32. The summed E-state index contributed by atoms with van der Waals surface area (Å²) in [5, 5.41) is 0. The SMILES string of the molecule is CCCCC(=O)CC1(N)CCCCC1. The molecule has 1 aliphatic rings. The van der Waals surface area contributed by atoms with Crippen LogP contribution >= 0.6 is 0 Å². The molecule has 0 radical (unpaired) electrons. The second-order valence-corrected chi connectivity index (χ2v) is 4.74. The van der Waals surface area contributed by atoms with Crippen molar-refractivity contribution in [2.24, 2.45) is 5.73 Å². The van der Waals surface area contributed by atoms with Gasteiger partial charge in [0.15, 0.2) is 0 Å². The monoisotopic (exact) mass is 197 g/mol. The van der Waals surface area contributed by atoms with E-state index in [1.165, 1.54) is 19.3 Å². The van der Waals surface area contributed by atoms with Gasteiger partial charge in [-0.25, -0.2) is 0 Å². The average molecular weight is 197 g/mol. The largest absolute Gasteiger partial charge is 0.325 e. The lowest BCUT2D eigenvalue weighted by atomic mass is 9.78. The molecule has 0 saturated heterocycles. The first-order valence-electron chi connectivity index (χ1n) is 5.97. The van der Waals surface area contributed by atoms with Crippen LogP contribution < -0.4 is 5.73 Å². The Labute approximate surface area is 87.2 Å². The summed E-state index contributed by atoms with van der Waals surface area (Å²) in [6.45, 7) is 2.12. The van der Waals surface area contributed by atoms with Gasteiger partial charge >= 0.3 is 0 Å². The fourth-order valence-electron chi connectivity index (χ4n) is 2.29. The zero-order chi connectivity index (χ0) is 10.4. The molecule has 0 unspecified atom stereocenters. The van der Waals surface area contributed by atoms with E-state index in [0.29, 0.717) is 12.2 Å². The third-order valence-corrected chi connectivity index (χ3v) is 3.21. The van der Waals surface area contributed by atoms with Crippen molar-refractivity contribution >= 4 is 5.78 Å². The highest BCUT2D eigenvalue weighted by Gasteiger charge is 2.29. The number of carbonyl (C=O) groups excluding carboxylic acids is 1. The summed E-state index contributed by atoms with van der Waals surface area (Å²) in [6, 6.07) is 0. The van der Waals surface area contributed by atoms with E-state index < -0.39 is 0 Å². The van der Waals surface area contributed by atoms with Gasteiger partial charge in [-0.2, -0.15) is 0 Å². The van der Waals surface area contributed by atoms with Crippen LogP contribution in [0.2, 0.25) is 0 Å². The van der Waals surface area contributed by atoms with Crippen LogP contribution in [0.1, 0.15) is 64.7 Å². The van der Waals surface area contributed by atoms with Crippen LogP contribution in [0.5, 0.6) is 0 Å². The quantitative estimate of drug-likeness (QED) is 0.736. The van der Waals surface area contributed by atoms with Crippen molar-refractivity contribution in [2.45, 2.75) is 70.3 Å². The molecule has 2 N–H and O–H groups in total. The molecule has 0 atom stereocenters. The van der Waals surface area contributed by atoms with E-state index in [9.17, 15) is 4.79 Å². The predicted octanol–water partition coefficient (Wildman–Crippen LogP) is 2.80. The van der Waals surface area contributed by atoms with Crippen molar-refractivity contribution < 1.29 is 4.79 Å². The topological polar surface area (TPSA) is 43.1 Å². The Kier molecular flexibility index (Phi) is 4.59. The van der Waals surface area contributed by atoms with E-state index in [-0.39, 0.29) is 5.54 Å². The van der Waals surface area contributed by atoms with Gasteiger partial charge < -0.3 is 5.73 Å². The van der Waals surface area contributed by atoms with E-state index in [1.54, 1.807) is 0 Å². The number of ketones is 1. The lowest BCUT2D eigenvalue weighted by Crippen LogP contribution is -2.43. The Morgan fingerprint density at radius 3 is 2.50 bits per heavy atom. The van der Waals surface area contributed by atoms with Crippen molar-refractivity contribution in [3.8, 4) is 0 Å². The summed E-state index contributed by atoms with van der Waals surface area (Å²) in [5.41, 5.74) is 6.06. The van der Waals surface area contributed by atoms with E-state index >= 15 is 0 Å². The summed E-state index contributed by atoms with van der Waals surface area (Å²) in [4.78, 5) is 11.6. The van der Waals surface area contributed by atoms with Gasteiger partial charge in [0.1, 0.15) is 5.78 Å². The molecule has 82 valence electrons. The van der Waals surface area contributed by atoms with E-state index in [0.717, 1.165) is 32.1 Å². The maximum Gasteiger partial charge on any atom is 0.134 e. The van der Waals surface area contributed by atoms with Crippen molar-refractivity contribution in [2.75, 3.05) is 0 Å². The Balaban J connectivity index is 2.29. The molecule has 0 aromatic heterocycles. The van der Waals surface area contributed by atoms with Crippen molar-refractivity contribution in [1.29, 1.82) is 0 Å². The average Bonchev–Trinajstić information content (AvgIpc) is 2.15. The smallest absolute Gasteiger partial charge is 0.134 e. The molecule has 2 heteroatoms. The highest BCUT2D eigenvalue weighted by atomic mass is 16.1. The summed E-state index contributed by atoms with van der Waals surface area (Å²) in [7, 11) is 0. The minimum atomic E-state index is -0.150. The standard InChI is InChI=1S/C12H23NO/c1-2-3-7-11(14)10-12(13)8-5-4-6-9-12/h2-10,13H2,1H3. The Hall–Kier alpha value is -0.370. The fraction of sp³-hybridized carbons (Fsp3) is 0.917. The van der Waals surface area contributed by atoms with Crippen molar-refractivity contribution in [3.63, 3.8) is 0 Å². The summed E-state index contributed by atoms with van der Waals surface area (Å²) < 4.78 is 0. The molecule has 1 saturated carbocycles. The highest BCUT2D eigenvalue weighted by molar-refractivity contribution is 5.79. The number of nitrogens with two attached hydrogens (primary N) is 1. The van der Waals surface area contributed by atoms with Crippen LogP contribution in [0.25, 0.3) is 0 Å². The van der Waals surface area contributed by atoms with Gasteiger partial charge in [0, 0.05) is 18.4 Å². The fourth-order valence-corrected chi connectivity index (χ4v) is 2.29. The number of hydrogen-bond acceptors (Lipinski definition) is 2. The van der Waals surface area contributed by atoms with Gasteiger partial charge in [-0.05, 0) is 19.3 Å². The Bertz CT molecular complexity index is 183. The van der Waals surface area contributed by atoms with E-state index in [4.69, 9.17) is 5.73 Å². The van der Waals surface area contributed by atoms with Crippen LogP contribution in [0.15, 0.2) is 0 Å². The minimum absolute atomic E-state index is 0.150. The molecule has 0 amide bonds.